The third-order valence-electron chi connectivity index (χ3n) is 5.46. The van der Waals surface area contributed by atoms with E-state index >= 15 is 0 Å². The van der Waals surface area contributed by atoms with Crippen LogP contribution in [0.2, 0.25) is 0 Å². The maximum atomic E-state index is 13.0. The summed E-state index contributed by atoms with van der Waals surface area (Å²) in [4.78, 5) is 24.0. The summed E-state index contributed by atoms with van der Waals surface area (Å²) in [5.41, 5.74) is 3.97. The van der Waals surface area contributed by atoms with Crippen LogP contribution in [0.1, 0.15) is 34.2 Å². The molecule has 2 aromatic carbocycles. The van der Waals surface area contributed by atoms with Crippen molar-refractivity contribution in [2.75, 3.05) is 8.29 Å². The molecule has 0 fully saturated rings. The molecule has 34 heavy (non-hydrogen) atoms. The molecule has 174 valence electrons. The average Bonchev–Trinajstić information content (AvgIpc) is 3.40. The fourth-order valence-corrected chi connectivity index (χ4v) is 4.11. The lowest BCUT2D eigenvalue weighted by molar-refractivity contribution is -0.114. The quantitative estimate of drug-likeness (QED) is 0.176. The summed E-state index contributed by atoms with van der Waals surface area (Å²) in [6.45, 7) is 5.46. The van der Waals surface area contributed by atoms with Crippen molar-refractivity contribution in [2.24, 2.45) is 5.10 Å². The molecule has 0 saturated heterocycles. The van der Waals surface area contributed by atoms with Crippen LogP contribution in [0.25, 0.3) is 17.4 Å². The number of benzene rings is 2. The Morgan fingerprint density at radius 3 is 2.44 bits per heavy atom. The minimum Gasteiger partial charge on any atom is -0.748 e. The van der Waals surface area contributed by atoms with Crippen molar-refractivity contribution in [2.45, 2.75) is 20.8 Å². The molecular formula is C24H19IN3O6-. The van der Waals surface area contributed by atoms with Gasteiger partial charge >= 0.3 is 5.97 Å². The van der Waals surface area contributed by atoms with Crippen LogP contribution in [-0.4, -0.2) is 22.7 Å². The standard InChI is InChI=1S/C24H19IN3O6/c1-13-10-20(21(11-14(13)2)28(33)25-32)22-9-8-18(34-22)12-19-15(3)26-27(23(19)29)17-6-4-16(5-7-17)24(30)31/h4-12H,1-3H3,(H,30,31)/q-1/b19-12+. The highest BCUT2D eigenvalue weighted by Gasteiger charge is 2.29. The predicted molar refractivity (Wildman–Crippen MR) is 136 cm³/mol. The van der Waals surface area contributed by atoms with Crippen LogP contribution < -0.4 is 8.29 Å². The number of hydrogen-bond acceptors (Lipinski definition) is 6. The first-order chi connectivity index (χ1) is 16.2. The normalized spacial score (nSPS) is 14.6. The molecule has 1 aliphatic rings. The first-order valence-corrected chi connectivity index (χ1v) is 12.0. The summed E-state index contributed by atoms with van der Waals surface area (Å²) in [7, 11) is 0. The Labute approximate surface area is 205 Å². The number of rotatable bonds is 6. The number of amides is 1. The van der Waals surface area contributed by atoms with Crippen molar-refractivity contribution < 1.29 is 22.2 Å². The number of halogens is 1. The van der Waals surface area contributed by atoms with Gasteiger partial charge in [-0.25, -0.2) is 7.86 Å². The van der Waals surface area contributed by atoms with Gasteiger partial charge in [-0.1, -0.05) is 0 Å². The largest absolute Gasteiger partial charge is 0.748 e. The Kier molecular flexibility index (Phi) is 6.44. The van der Waals surface area contributed by atoms with Gasteiger partial charge in [0.2, 0.25) is 0 Å². The number of anilines is 2. The Morgan fingerprint density at radius 1 is 1.12 bits per heavy atom. The third kappa shape index (κ3) is 4.41. The summed E-state index contributed by atoms with van der Waals surface area (Å²) in [5.74, 6) is -0.650. The number of carbonyl (C=O) groups is 2. The van der Waals surface area contributed by atoms with Gasteiger partial charge in [-0.15, -0.1) is 0 Å². The lowest BCUT2D eigenvalue weighted by Crippen LogP contribution is -2.21. The Balaban J connectivity index is 1.65. The summed E-state index contributed by atoms with van der Waals surface area (Å²) in [6, 6.07) is 12.7. The van der Waals surface area contributed by atoms with Crippen LogP contribution in [0.5, 0.6) is 0 Å². The maximum absolute atomic E-state index is 13.0. The van der Waals surface area contributed by atoms with Crippen molar-refractivity contribution in [1.29, 1.82) is 0 Å². The van der Waals surface area contributed by atoms with Gasteiger partial charge in [-0.05, 0) is 86.5 Å². The van der Waals surface area contributed by atoms with E-state index in [-0.39, 0.29) is 17.2 Å². The van der Waals surface area contributed by atoms with E-state index in [0.717, 1.165) is 11.1 Å². The van der Waals surface area contributed by atoms with Crippen LogP contribution in [0.3, 0.4) is 0 Å². The Hall–Kier alpha value is -3.64. The Morgan fingerprint density at radius 2 is 1.79 bits per heavy atom. The minimum absolute atomic E-state index is 0.108. The van der Waals surface area contributed by atoms with E-state index in [9.17, 15) is 17.9 Å². The molecule has 10 heteroatoms. The van der Waals surface area contributed by atoms with Gasteiger partial charge in [0.25, 0.3) is 27.4 Å². The van der Waals surface area contributed by atoms with E-state index in [2.05, 4.69) is 5.10 Å². The fourth-order valence-electron chi connectivity index (χ4n) is 3.50. The van der Waals surface area contributed by atoms with E-state index in [1.54, 1.807) is 37.3 Å². The van der Waals surface area contributed by atoms with E-state index in [1.165, 1.54) is 29.3 Å². The molecule has 0 radical (unpaired) electrons. The van der Waals surface area contributed by atoms with Crippen LogP contribution in [-0.2, 0) is 7.86 Å². The molecule has 9 nitrogen and oxygen atoms in total. The van der Waals surface area contributed by atoms with Gasteiger partial charge in [0.15, 0.2) is 0 Å². The van der Waals surface area contributed by atoms with Gasteiger partial charge in [0.05, 0.1) is 22.5 Å². The second-order valence-corrected chi connectivity index (χ2v) is 8.95. The van der Waals surface area contributed by atoms with Crippen LogP contribution in [0.4, 0.5) is 11.4 Å². The molecule has 0 aliphatic carbocycles. The monoisotopic (exact) mass is 572 g/mol. The summed E-state index contributed by atoms with van der Waals surface area (Å²) in [6.07, 6.45) is 1.56. The van der Waals surface area contributed by atoms with Crippen molar-refractivity contribution in [3.8, 4) is 11.3 Å². The van der Waals surface area contributed by atoms with Gasteiger partial charge in [0.1, 0.15) is 11.5 Å². The average molecular weight is 572 g/mol. The molecular weight excluding hydrogens is 553 g/mol. The smallest absolute Gasteiger partial charge is 0.335 e. The van der Waals surface area contributed by atoms with E-state index in [0.29, 0.717) is 37.3 Å². The van der Waals surface area contributed by atoms with E-state index < -0.39 is 27.4 Å². The van der Waals surface area contributed by atoms with Crippen LogP contribution in [0.15, 0.2) is 63.6 Å². The highest BCUT2D eigenvalue weighted by molar-refractivity contribution is 14.1. The summed E-state index contributed by atoms with van der Waals surface area (Å²) >= 11 is -1.94. The number of aryl methyl sites for hydroxylation is 2. The second kappa shape index (κ2) is 9.31. The third-order valence-corrected chi connectivity index (χ3v) is 6.34. The van der Waals surface area contributed by atoms with Crippen LogP contribution in [0, 0.1) is 19.1 Å². The number of carboxylic acids is 1. The molecule has 4 rings (SSSR count). The lowest BCUT2D eigenvalue weighted by atomic mass is 10.0. The Bertz CT molecular complexity index is 1370. The predicted octanol–water partition coefficient (Wildman–Crippen LogP) is 5.60. The molecule has 0 spiro atoms. The number of nitrogens with zero attached hydrogens (tertiary/aromatic N) is 3. The van der Waals surface area contributed by atoms with Gasteiger partial charge in [-0.2, -0.15) is 10.1 Å². The second-order valence-electron chi connectivity index (χ2n) is 7.68. The topological polar surface area (TPSA) is 126 Å². The van der Waals surface area contributed by atoms with Crippen molar-refractivity contribution in [3.05, 3.63) is 81.8 Å². The molecule has 0 atom stereocenters. The first-order valence-electron chi connectivity index (χ1n) is 10.1. The fraction of sp³-hybridized carbons (Fsp3) is 0.125. The SMILES string of the molecule is CC1=NN(c2ccc(C(=O)O)cc2)C(=O)/C1=C/c1ccc(-c2cc(C)c(C)cc2N([O-])I=O)o1. The number of hydrazone groups is 1. The molecule has 0 bridgehead atoms. The van der Waals surface area contributed by atoms with Crippen molar-refractivity contribution in [3.63, 3.8) is 0 Å². The molecule has 1 amide bonds. The van der Waals surface area contributed by atoms with Crippen molar-refractivity contribution in [1.82, 2.24) is 0 Å². The minimum atomic E-state index is -1.94. The molecule has 1 aromatic heterocycles. The molecule has 0 saturated carbocycles. The lowest BCUT2D eigenvalue weighted by Gasteiger charge is -2.24. The first kappa shape index (κ1) is 23.5. The number of furan rings is 1. The zero-order valence-electron chi connectivity index (χ0n) is 18.4. The number of hydrogen-bond donors (Lipinski definition) is 1. The van der Waals surface area contributed by atoms with Crippen LogP contribution >= 0.6 is 21.5 Å². The summed E-state index contributed by atoms with van der Waals surface area (Å²) < 4.78 is 17.7. The highest BCUT2D eigenvalue weighted by Crippen LogP contribution is 2.37. The van der Waals surface area contributed by atoms with Gasteiger partial charge < -0.3 is 18.0 Å². The maximum Gasteiger partial charge on any atom is 0.335 e. The van der Waals surface area contributed by atoms with Crippen molar-refractivity contribution >= 4 is 56.5 Å². The molecule has 2 heterocycles. The number of carboxylic acid groups (broad SMARTS) is 1. The number of carbonyl (C=O) groups excluding carboxylic acids is 1. The highest BCUT2D eigenvalue weighted by atomic mass is 127. The van der Waals surface area contributed by atoms with Gasteiger partial charge in [0, 0.05) is 11.3 Å². The molecule has 1 N–H and O–H groups in total. The molecule has 1 aliphatic heterocycles. The van der Waals surface area contributed by atoms with Gasteiger partial charge in [-0.3, -0.25) is 4.79 Å². The molecule has 0 unspecified atom stereocenters. The number of aromatic carboxylic acids is 1. The molecule has 3 aromatic rings. The zero-order chi connectivity index (χ0) is 24.6. The summed E-state index contributed by atoms with van der Waals surface area (Å²) in [5, 5.41) is 26.7. The van der Waals surface area contributed by atoms with E-state index in [4.69, 9.17) is 9.52 Å². The zero-order valence-corrected chi connectivity index (χ0v) is 20.6. The van der Waals surface area contributed by atoms with E-state index in [1.807, 2.05) is 13.8 Å².